The molecule has 0 amide bonds. The SMILES string of the molecule is CCOP(=O)(c1ccccn1)N(CC)CC. The number of rotatable bonds is 6. The fourth-order valence-electron chi connectivity index (χ4n) is 1.58. The molecule has 1 atom stereocenters. The Morgan fingerprint density at radius 3 is 2.44 bits per heavy atom. The Morgan fingerprint density at radius 1 is 1.31 bits per heavy atom. The molecule has 0 N–H and O–H groups in total. The molecule has 16 heavy (non-hydrogen) atoms. The molecule has 1 heterocycles. The van der Waals surface area contributed by atoms with Gasteiger partial charge in [-0.3, -0.25) is 4.57 Å². The quantitative estimate of drug-likeness (QED) is 0.718. The van der Waals surface area contributed by atoms with Crippen LogP contribution in [0.4, 0.5) is 0 Å². The van der Waals surface area contributed by atoms with Crippen molar-refractivity contribution in [3.8, 4) is 0 Å². The predicted octanol–water partition coefficient (Wildman–Crippen LogP) is 2.28. The number of hydrogen-bond donors (Lipinski definition) is 0. The summed E-state index contributed by atoms with van der Waals surface area (Å²) in [5, 5.41) is 0. The molecule has 0 saturated heterocycles. The van der Waals surface area contributed by atoms with E-state index in [0.717, 1.165) is 0 Å². The van der Waals surface area contributed by atoms with Gasteiger partial charge in [0.15, 0.2) is 0 Å². The topological polar surface area (TPSA) is 42.4 Å². The van der Waals surface area contributed by atoms with Gasteiger partial charge in [0, 0.05) is 19.3 Å². The average Bonchev–Trinajstić information content (AvgIpc) is 2.32. The van der Waals surface area contributed by atoms with Crippen molar-refractivity contribution < 1.29 is 9.09 Å². The summed E-state index contributed by atoms with van der Waals surface area (Å²) in [6, 6.07) is 5.40. The first-order valence-corrected chi connectivity index (χ1v) is 7.18. The van der Waals surface area contributed by atoms with Gasteiger partial charge in [-0.1, -0.05) is 19.9 Å². The molecule has 1 unspecified atom stereocenters. The molecule has 0 saturated carbocycles. The average molecular weight is 242 g/mol. The van der Waals surface area contributed by atoms with Gasteiger partial charge in [-0.05, 0) is 19.1 Å². The largest absolute Gasteiger partial charge is 0.320 e. The highest BCUT2D eigenvalue weighted by Crippen LogP contribution is 2.48. The summed E-state index contributed by atoms with van der Waals surface area (Å²) in [4.78, 5) is 4.16. The monoisotopic (exact) mass is 242 g/mol. The van der Waals surface area contributed by atoms with Gasteiger partial charge in [-0.25, -0.2) is 9.65 Å². The van der Waals surface area contributed by atoms with Crippen LogP contribution in [0, 0.1) is 0 Å². The third-order valence-electron chi connectivity index (χ3n) is 2.35. The standard InChI is InChI=1S/C11H19N2O2P/c1-4-13(5-2)16(14,15-6-3)11-9-7-8-10-12-11/h7-10H,4-6H2,1-3H3. The van der Waals surface area contributed by atoms with Crippen LogP contribution in [0.15, 0.2) is 24.4 Å². The second-order valence-corrected chi connectivity index (χ2v) is 5.59. The first kappa shape index (κ1) is 13.4. The van der Waals surface area contributed by atoms with Crippen LogP contribution in [0.25, 0.3) is 0 Å². The van der Waals surface area contributed by atoms with E-state index in [-0.39, 0.29) is 0 Å². The van der Waals surface area contributed by atoms with Gasteiger partial charge in [0.05, 0.1) is 6.61 Å². The van der Waals surface area contributed by atoms with Crippen LogP contribution < -0.4 is 5.44 Å². The Kier molecular flexibility index (Phi) is 5.13. The molecular weight excluding hydrogens is 223 g/mol. The minimum Gasteiger partial charge on any atom is -0.313 e. The third-order valence-corrected chi connectivity index (χ3v) is 5.11. The Bertz CT molecular complexity index is 352. The molecule has 0 fully saturated rings. The minimum atomic E-state index is -2.96. The van der Waals surface area contributed by atoms with Gasteiger partial charge in [-0.15, -0.1) is 0 Å². The molecule has 1 aromatic rings. The van der Waals surface area contributed by atoms with Gasteiger partial charge in [0.25, 0.3) is 0 Å². The molecule has 4 nitrogen and oxygen atoms in total. The zero-order valence-electron chi connectivity index (χ0n) is 10.1. The van der Waals surface area contributed by atoms with Crippen LogP contribution in [-0.2, 0) is 9.09 Å². The van der Waals surface area contributed by atoms with Crippen molar-refractivity contribution >= 4 is 13.0 Å². The molecule has 1 rings (SSSR count). The van der Waals surface area contributed by atoms with Crippen molar-refractivity contribution in [1.82, 2.24) is 9.65 Å². The van der Waals surface area contributed by atoms with E-state index >= 15 is 0 Å². The Balaban J connectivity index is 3.11. The smallest absolute Gasteiger partial charge is 0.313 e. The van der Waals surface area contributed by atoms with Crippen LogP contribution in [0.1, 0.15) is 20.8 Å². The van der Waals surface area contributed by atoms with E-state index in [1.54, 1.807) is 12.3 Å². The molecule has 0 spiro atoms. The molecule has 0 radical (unpaired) electrons. The lowest BCUT2D eigenvalue weighted by atomic mass is 10.5. The van der Waals surface area contributed by atoms with Crippen molar-refractivity contribution in [3.05, 3.63) is 24.4 Å². The molecule has 0 aliphatic carbocycles. The van der Waals surface area contributed by atoms with Gasteiger partial charge in [-0.2, -0.15) is 0 Å². The summed E-state index contributed by atoms with van der Waals surface area (Å²) in [6.45, 7) is 7.58. The van der Waals surface area contributed by atoms with E-state index in [1.807, 2.05) is 37.6 Å². The minimum absolute atomic E-state index is 0.421. The summed E-state index contributed by atoms with van der Waals surface area (Å²) in [6.07, 6.45) is 1.64. The molecule has 5 heteroatoms. The van der Waals surface area contributed by atoms with Crippen LogP contribution >= 0.6 is 7.52 Å². The van der Waals surface area contributed by atoms with Crippen molar-refractivity contribution in [2.45, 2.75) is 20.8 Å². The molecule has 1 aromatic heterocycles. The third kappa shape index (κ3) is 2.70. The molecule has 0 aliphatic heterocycles. The first-order valence-electron chi connectivity index (χ1n) is 5.60. The van der Waals surface area contributed by atoms with Gasteiger partial charge in [0.1, 0.15) is 5.44 Å². The zero-order chi connectivity index (χ0) is 12.0. The van der Waals surface area contributed by atoms with E-state index in [1.165, 1.54) is 0 Å². The molecular formula is C11H19N2O2P. The maximum absolute atomic E-state index is 12.8. The second-order valence-electron chi connectivity index (χ2n) is 3.27. The fraction of sp³-hybridized carbons (Fsp3) is 0.545. The number of pyridine rings is 1. The molecule has 0 aliphatic rings. The summed E-state index contributed by atoms with van der Waals surface area (Å²) < 4.78 is 20.1. The number of hydrogen-bond acceptors (Lipinski definition) is 3. The second kappa shape index (κ2) is 6.14. The fourth-order valence-corrected chi connectivity index (χ4v) is 3.75. The van der Waals surface area contributed by atoms with Gasteiger partial charge < -0.3 is 4.52 Å². The first-order chi connectivity index (χ1) is 7.69. The van der Waals surface area contributed by atoms with Crippen LogP contribution in [0.5, 0.6) is 0 Å². The summed E-state index contributed by atoms with van der Waals surface area (Å²) in [5.74, 6) is 0. The summed E-state index contributed by atoms with van der Waals surface area (Å²) in [7, 11) is -2.96. The summed E-state index contributed by atoms with van der Waals surface area (Å²) >= 11 is 0. The summed E-state index contributed by atoms with van der Waals surface area (Å²) in [5.41, 5.74) is 0.528. The highest BCUT2D eigenvalue weighted by molar-refractivity contribution is 7.64. The Labute approximate surface area is 97.1 Å². The normalized spacial score (nSPS) is 15.0. The Hall–Kier alpha value is -0.700. The zero-order valence-corrected chi connectivity index (χ0v) is 11.0. The maximum atomic E-state index is 12.8. The predicted molar refractivity (Wildman–Crippen MR) is 66.0 cm³/mol. The van der Waals surface area contributed by atoms with E-state index in [4.69, 9.17) is 4.52 Å². The molecule has 90 valence electrons. The lowest BCUT2D eigenvalue weighted by molar-refractivity contribution is 0.286. The molecule has 0 bridgehead atoms. The van der Waals surface area contributed by atoms with E-state index in [0.29, 0.717) is 25.1 Å². The maximum Gasteiger partial charge on any atom is 0.320 e. The van der Waals surface area contributed by atoms with E-state index in [9.17, 15) is 4.57 Å². The van der Waals surface area contributed by atoms with Gasteiger partial charge in [0.2, 0.25) is 0 Å². The lowest BCUT2D eigenvalue weighted by Gasteiger charge is -2.28. The van der Waals surface area contributed by atoms with Crippen molar-refractivity contribution in [2.24, 2.45) is 0 Å². The van der Waals surface area contributed by atoms with Crippen molar-refractivity contribution in [3.63, 3.8) is 0 Å². The lowest BCUT2D eigenvalue weighted by Crippen LogP contribution is -2.28. The van der Waals surface area contributed by atoms with Crippen molar-refractivity contribution in [2.75, 3.05) is 19.7 Å². The number of aromatic nitrogens is 1. The van der Waals surface area contributed by atoms with E-state index in [2.05, 4.69) is 4.98 Å². The van der Waals surface area contributed by atoms with Crippen LogP contribution in [0.2, 0.25) is 0 Å². The molecule has 0 aromatic carbocycles. The van der Waals surface area contributed by atoms with Gasteiger partial charge >= 0.3 is 7.52 Å². The number of nitrogens with zero attached hydrogens (tertiary/aromatic N) is 2. The van der Waals surface area contributed by atoms with Crippen molar-refractivity contribution in [1.29, 1.82) is 0 Å². The highest BCUT2D eigenvalue weighted by atomic mass is 31.2. The highest BCUT2D eigenvalue weighted by Gasteiger charge is 2.32. The Morgan fingerprint density at radius 2 is 2.00 bits per heavy atom. The van der Waals surface area contributed by atoms with Crippen LogP contribution in [0.3, 0.4) is 0 Å². The van der Waals surface area contributed by atoms with E-state index < -0.39 is 7.52 Å². The van der Waals surface area contributed by atoms with Crippen LogP contribution in [-0.4, -0.2) is 29.4 Å².